The fourth-order valence-electron chi connectivity index (χ4n) is 2.31. The molecular weight excluding hydrogens is 208 g/mol. The van der Waals surface area contributed by atoms with E-state index in [1.165, 1.54) is 37.8 Å². The monoisotopic (exact) mass is 237 g/mol. The summed E-state index contributed by atoms with van der Waals surface area (Å²) in [6.45, 7) is 10.2. The molecule has 2 heteroatoms. The summed E-state index contributed by atoms with van der Waals surface area (Å²) >= 11 is 0. The van der Waals surface area contributed by atoms with Crippen molar-refractivity contribution in [3.63, 3.8) is 0 Å². The van der Waals surface area contributed by atoms with E-state index < -0.39 is 0 Å². The Morgan fingerprint density at radius 3 is 2.29 bits per heavy atom. The van der Waals surface area contributed by atoms with Gasteiger partial charge in [-0.15, -0.1) is 0 Å². The van der Waals surface area contributed by atoms with Crippen LogP contribution in [0.2, 0.25) is 0 Å². The van der Waals surface area contributed by atoms with Crippen LogP contribution in [0.1, 0.15) is 65.5 Å². The van der Waals surface area contributed by atoms with Crippen LogP contribution in [0.25, 0.3) is 0 Å². The molecule has 0 N–H and O–H groups in total. The molecule has 0 aromatic carbocycles. The van der Waals surface area contributed by atoms with Crippen molar-refractivity contribution < 1.29 is 4.57 Å². The Labute approximate surface area is 107 Å². The first-order valence-corrected chi connectivity index (χ1v) is 7.01. The predicted molar refractivity (Wildman–Crippen MR) is 73.1 cm³/mol. The maximum Gasteiger partial charge on any atom is 0.243 e. The minimum absolute atomic E-state index is 0.238. The first-order valence-electron chi connectivity index (χ1n) is 7.01. The van der Waals surface area contributed by atoms with Crippen molar-refractivity contribution in [3.05, 3.63) is 18.2 Å². The van der Waals surface area contributed by atoms with E-state index in [0.717, 1.165) is 6.54 Å². The van der Waals surface area contributed by atoms with E-state index in [1.807, 2.05) is 0 Å². The molecule has 0 atom stereocenters. The van der Waals surface area contributed by atoms with Gasteiger partial charge in [0, 0.05) is 5.41 Å². The van der Waals surface area contributed by atoms with Crippen molar-refractivity contribution in [2.45, 2.75) is 71.8 Å². The molecule has 1 aromatic rings. The summed E-state index contributed by atoms with van der Waals surface area (Å²) < 4.78 is 4.60. The van der Waals surface area contributed by atoms with Gasteiger partial charge in [0.15, 0.2) is 0 Å². The number of imidazole rings is 1. The second kappa shape index (κ2) is 6.23. The molecule has 0 radical (unpaired) electrons. The van der Waals surface area contributed by atoms with Gasteiger partial charge in [0.2, 0.25) is 6.33 Å². The van der Waals surface area contributed by atoms with Gasteiger partial charge in [0.25, 0.3) is 0 Å². The number of rotatable bonds is 6. The Balaban J connectivity index is 2.45. The average molecular weight is 237 g/mol. The van der Waals surface area contributed by atoms with E-state index >= 15 is 0 Å². The molecule has 2 nitrogen and oxygen atoms in total. The number of aryl methyl sites for hydroxylation is 2. The lowest BCUT2D eigenvalue weighted by Gasteiger charge is -2.13. The highest BCUT2D eigenvalue weighted by Crippen LogP contribution is 2.18. The van der Waals surface area contributed by atoms with Crippen molar-refractivity contribution in [1.82, 2.24) is 4.57 Å². The molecule has 0 bridgehead atoms. The summed E-state index contributed by atoms with van der Waals surface area (Å²) in [6.07, 6.45) is 11.3. The molecule has 0 saturated carbocycles. The quantitative estimate of drug-likeness (QED) is 0.528. The molecular formula is C15H29N2+. The summed E-state index contributed by atoms with van der Waals surface area (Å²) in [6, 6.07) is 0. The Morgan fingerprint density at radius 2 is 1.76 bits per heavy atom. The molecule has 0 unspecified atom stereocenters. The Kier molecular flexibility index (Phi) is 5.23. The van der Waals surface area contributed by atoms with E-state index in [0.29, 0.717) is 0 Å². The van der Waals surface area contributed by atoms with E-state index in [4.69, 9.17) is 0 Å². The normalized spacial score (nSPS) is 12.1. The van der Waals surface area contributed by atoms with E-state index in [1.54, 1.807) is 0 Å². The van der Waals surface area contributed by atoms with Gasteiger partial charge in [0.05, 0.1) is 13.6 Å². The van der Waals surface area contributed by atoms with Gasteiger partial charge < -0.3 is 0 Å². The summed E-state index contributed by atoms with van der Waals surface area (Å²) in [5, 5.41) is 0. The zero-order valence-corrected chi connectivity index (χ0v) is 12.3. The first kappa shape index (κ1) is 14.3. The summed E-state index contributed by atoms with van der Waals surface area (Å²) in [4.78, 5) is 0. The number of unbranched alkanes of at least 4 members (excludes halogenated alkanes) is 4. The van der Waals surface area contributed by atoms with E-state index in [-0.39, 0.29) is 5.41 Å². The zero-order valence-electron chi connectivity index (χ0n) is 12.3. The molecule has 0 saturated heterocycles. The minimum Gasteiger partial charge on any atom is -0.237 e. The van der Waals surface area contributed by atoms with Gasteiger partial charge in [0.1, 0.15) is 11.9 Å². The molecule has 0 spiro atoms. The molecule has 0 amide bonds. The highest BCUT2D eigenvalue weighted by Gasteiger charge is 2.23. The van der Waals surface area contributed by atoms with Gasteiger partial charge in [-0.1, -0.05) is 47.0 Å². The molecule has 17 heavy (non-hydrogen) atoms. The van der Waals surface area contributed by atoms with Crippen molar-refractivity contribution in [1.29, 1.82) is 0 Å². The largest absolute Gasteiger partial charge is 0.243 e. The van der Waals surface area contributed by atoms with Crippen LogP contribution in [0, 0.1) is 0 Å². The Morgan fingerprint density at radius 1 is 1.12 bits per heavy atom. The lowest BCUT2D eigenvalue weighted by atomic mass is 9.93. The lowest BCUT2D eigenvalue weighted by molar-refractivity contribution is -0.681. The van der Waals surface area contributed by atoms with Gasteiger partial charge in [-0.3, -0.25) is 0 Å². The van der Waals surface area contributed by atoms with E-state index in [9.17, 15) is 0 Å². The molecule has 1 rings (SSSR count). The van der Waals surface area contributed by atoms with Gasteiger partial charge >= 0.3 is 0 Å². The van der Waals surface area contributed by atoms with Crippen LogP contribution in [0.3, 0.4) is 0 Å². The summed E-state index contributed by atoms with van der Waals surface area (Å²) in [5.74, 6) is 0. The topological polar surface area (TPSA) is 8.81 Å². The first-order chi connectivity index (χ1) is 7.95. The second-order valence-corrected chi connectivity index (χ2v) is 6.14. The molecule has 1 heterocycles. The predicted octanol–water partition coefficient (Wildman–Crippen LogP) is 3.58. The second-order valence-electron chi connectivity index (χ2n) is 6.14. The van der Waals surface area contributed by atoms with Crippen LogP contribution in [0.4, 0.5) is 0 Å². The average Bonchev–Trinajstić information content (AvgIpc) is 2.59. The van der Waals surface area contributed by atoms with Crippen LogP contribution in [0.15, 0.2) is 12.5 Å². The molecule has 0 aliphatic heterocycles. The highest BCUT2D eigenvalue weighted by molar-refractivity contribution is 5.02. The Bertz CT molecular complexity index is 331. The summed E-state index contributed by atoms with van der Waals surface area (Å²) in [5.41, 5.74) is 1.65. The van der Waals surface area contributed by atoms with Crippen LogP contribution >= 0.6 is 0 Å². The third kappa shape index (κ3) is 4.53. The SMILES string of the molecule is CCCCCCCn1cc(C(C)(C)C)[n+](C)c1. The molecule has 0 aliphatic rings. The molecule has 98 valence electrons. The fraction of sp³-hybridized carbons (Fsp3) is 0.800. The van der Waals surface area contributed by atoms with Gasteiger partial charge in [-0.25, -0.2) is 9.13 Å². The van der Waals surface area contributed by atoms with Crippen LogP contribution in [-0.4, -0.2) is 4.57 Å². The lowest BCUT2D eigenvalue weighted by Crippen LogP contribution is -2.36. The number of nitrogens with zero attached hydrogens (tertiary/aromatic N) is 2. The third-order valence-corrected chi connectivity index (χ3v) is 3.28. The fourth-order valence-corrected chi connectivity index (χ4v) is 2.31. The zero-order chi connectivity index (χ0) is 12.9. The minimum atomic E-state index is 0.238. The number of aromatic nitrogens is 2. The van der Waals surface area contributed by atoms with E-state index in [2.05, 4.69) is 56.4 Å². The van der Waals surface area contributed by atoms with Crippen LogP contribution in [0.5, 0.6) is 0 Å². The molecule has 1 aromatic heterocycles. The smallest absolute Gasteiger partial charge is 0.237 e. The van der Waals surface area contributed by atoms with Crippen molar-refractivity contribution in [3.8, 4) is 0 Å². The summed E-state index contributed by atoms with van der Waals surface area (Å²) in [7, 11) is 2.15. The van der Waals surface area contributed by atoms with Gasteiger partial charge in [-0.05, 0) is 12.8 Å². The molecule has 0 fully saturated rings. The number of hydrogen-bond acceptors (Lipinski definition) is 0. The van der Waals surface area contributed by atoms with Crippen LogP contribution < -0.4 is 4.57 Å². The van der Waals surface area contributed by atoms with Crippen molar-refractivity contribution >= 4 is 0 Å². The van der Waals surface area contributed by atoms with Crippen molar-refractivity contribution in [2.75, 3.05) is 0 Å². The highest BCUT2D eigenvalue weighted by atomic mass is 15.1. The third-order valence-electron chi connectivity index (χ3n) is 3.28. The molecule has 0 aliphatic carbocycles. The van der Waals surface area contributed by atoms with Crippen molar-refractivity contribution in [2.24, 2.45) is 7.05 Å². The van der Waals surface area contributed by atoms with Crippen LogP contribution in [-0.2, 0) is 19.0 Å². The maximum absolute atomic E-state index is 2.34. The Hall–Kier alpha value is -0.790. The number of hydrogen-bond donors (Lipinski definition) is 0. The van der Waals surface area contributed by atoms with Gasteiger partial charge in [-0.2, -0.15) is 0 Å². The standard InChI is InChI=1S/C15H29N2/c1-6-7-8-9-10-11-17-12-14(15(2,3)4)16(5)13-17/h12-13H,6-11H2,1-5H3/q+1. The maximum atomic E-state index is 2.34.